The third-order valence-corrected chi connectivity index (χ3v) is 6.19. The normalized spacial score (nSPS) is 29.4. The largest absolute Gasteiger partial charge is 0.299 e. The SMILES string of the molecule is CCCC1CCC(=O)C(CC2CSc3ccccc32)C1. The van der Waals surface area contributed by atoms with Gasteiger partial charge in [0.25, 0.3) is 0 Å². The van der Waals surface area contributed by atoms with Crippen LogP contribution in [-0.4, -0.2) is 11.5 Å². The summed E-state index contributed by atoms with van der Waals surface area (Å²) in [4.78, 5) is 13.7. The Hall–Kier alpha value is -0.760. The summed E-state index contributed by atoms with van der Waals surface area (Å²) < 4.78 is 0. The predicted octanol–water partition coefficient (Wildman–Crippen LogP) is 5.05. The number of carbonyl (C=O) groups excluding carboxylic acids is 1. The van der Waals surface area contributed by atoms with Crippen LogP contribution in [0.5, 0.6) is 0 Å². The number of carbonyl (C=O) groups is 1. The minimum Gasteiger partial charge on any atom is -0.299 e. The van der Waals surface area contributed by atoms with Gasteiger partial charge in [0.15, 0.2) is 0 Å². The van der Waals surface area contributed by atoms with E-state index in [1.807, 2.05) is 11.8 Å². The molecule has 1 fully saturated rings. The number of thioether (sulfide) groups is 1. The Labute approximate surface area is 126 Å². The van der Waals surface area contributed by atoms with Crippen molar-refractivity contribution in [2.75, 3.05) is 5.75 Å². The minimum atomic E-state index is 0.331. The maximum Gasteiger partial charge on any atom is 0.136 e. The van der Waals surface area contributed by atoms with Gasteiger partial charge in [-0.1, -0.05) is 38.0 Å². The van der Waals surface area contributed by atoms with E-state index in [1.54, 1.807) is 0 Å². The zero-order valence-electron chi connectivity index (χ0n) is 12.3. The fourth-order valence-corrected chi connectivity index (χ4v) is 5.14. The molecule has 3 unspecified atom stereocenters. The lowest BCUT2D eigenvalue weighted by Crippen LogP contribution is -2.26. The lowest BCUT2D eigenvalue weighted by atomic mass is 9.74. The summed E-state index contributed by atoms with van der Waals surface area (Å²) in [6, 6.07) is 8.75. The first-order valence-electron chi connectivity index (χ1n) is 8.02. The molecule has 2 heteroatoms. The molecule has 1 aliphatic heterocycles. The first-order chi connectivity index (χ1) is 9.78. The van der Waals surface area contributed by atoms with Crippen LogP contribution in [0.15, 0.2) is 29.2 Å². The van der Waals surface area contributed by atoms with Crippen molar-refractivity contribution in [3.05, 3.63) is 29.8 Å². The van der Waals surface area contributed by atoms with Crippen LogP contribution in [0.4, 0.5) is 0 Å². The van der Waals surface area contributed by atoms with Crippen LogP contribution in [0, 0.1) is 11.8 Å². The molecule has 1 aromatic carbocycles. The number of ketones is 1. The summed E-state index contributed by atoms with van der Waals surface area (Å²) in [6.07, 6.45) is 6.77. The average Bonchev–Trinajstić information content (AvgIpc) is 2.86. The van der Waals surface area contributed by atoms with Gasteiger partial charge in [0.05, 0.1) is 0 Å². The molecule has 2 aliphatic rings. The lowest BCUT2D eigenvalue weighted by molar-refractivity contribution is -0.126. The van der Waals surface area contributed by atoms with E-state index in [0.29, 0.717) is 17.6 Å². The molecule has 3 atom stereocenters. The Kier molecular flexibility index (Phi) is 4.50. The van der Waals surface area contributed by atoms with Crippen molar-refractivity contribution in [1.82, 2.24) is 0 Å². The molecular weight excluding hydrogens is 264 g/mol. The van der Waals surface area contributed by atoms with Crippen molar-refractivity contribution in [3.8, 4) is 0 Å². The fourth-order valence-electron chi connectivity index (χ4n) is 3.87. The van der Waals surface area contributed by atoms with Crippen LogP contribution in [0.2, 0.25) is 0 Å². The maximum atomic E-state index is 12.2. The number of rotatable bonds is 4. The summed E-state index contributed by atoms with van der Waals surface area (Å²) in [5, 5.41) is 0. The Morgan fingerprint density at radius 2 is 2.10 bits per heavy atom. The van der Waals surface area contributed by atoms with Gasteiger partial charge in [0, 0.05) is 23.0 Å². The number of Topliss-reactive ketones (excluding diaryl/α,β-unsaturated/α-hetero) is 1. The molecule has 1 saturated carbocycles. The van der Waals surface area contributed by atoms with E-state index >= 15 is 0 Å². The van der Waals surface area contributed by atoms with E-state index in [9.17, 15) is 4.79 Å². The highest BCUT2D eigenvalue weighted by Gasteiger charge is 2.32. The molecule has 0 amide bonds. The molecule has 3 rings (SSSR count). The quantitative estimate of drug-likeness (QED) is 0.771. The van der Waals surface area contributed by atoms with Crippen LogP contribution >= 0.6 is 11.8 Å². The van der Waals surface area contributed by atoms with Crippen molar-refractivity contribution in [2.45, 2.75) is 56.3 Å². The second-order valence-electron chi connectivity index (χ2n) is 6.37. The molecule has 0 saturated heterocycles. The van der Waals surface area contributed by atoms with E-state index in [4.69, 9.17) is 0 Å². The average molecular weight is 288 g/mol. The number of hydrogen-bond donors (Lipinski definition) is 0. The molecular formula is C18H24OS. The predicted molar refractivity (Wildman–Crippen MR) is 85.3 cm³/mol. The standard InChI is InChI=1S/C18H24OS/c1-2-5-13-8-9-17(19)14(10-13)11-15-12-20-18-7-4-3-6-16(15)18/h3-4,6-7,13-15H,2,5,8-12H2,1H3. The molecule has 1 aromatic rings. The molecule has 0 radical (unpaired) electrons. The first-order valence-corrected chi connectivity index (χ1v) is 9.01. The van der Waals surface area contributed by atoms with Gasteiger partial charge < -0.3 is 0 Å². The zero-order valence-corrected chi connectivity index (χ0v) is 13.1. The molecule has 1 nitrogen and oxygen atoms in total. The van der Waals surface area contributed by atoms with Crippen LogP contribution in [-0.2, 0) is 4.79 Å². The number of fused-ring (bicyclic) bond motifs is 1. The molecule has 0 aromatic heterocycles. The molecule has 0 N–H and O–H groups in total. The Morgan fingerprint density at radius 3 is 2.95 bits per heavy atom. The second kappa shape index (κ2) is 6.34. The summed E-state index contributed by atoms with van der Waals surface area (Å²) >= 11 is 1.97. The van der Waals surface area contributed by atoms with Gasteiger partial charge in [-0.15, -0.1) is 11.8 Å². The lowest BCUT2D eigenvalue weighted by Gasteiger charge is -2.29. The highest BCUT2D eigenvalue weighted by molar-refractivity contribution is 7.99. The number of benzene rings is 1. The second-order valence-corrected chi connectivity index (χ2v) is 7.44. The molecule has 0 bridgehead atoms. The van der Waals surface area contributed by atoms with Crippen molar-refractivity contribution in [3.63, 3.8) is 0 Å². The molecule has 108 valence electrons. The molecule has 0 spiro atoms. The Morgan fingerprint density at radius 1 is 1.25 bits per heavy atom. The van der Waals surface area contributed by atoms with Crippen LogP contribution < -0.4 is 0 Å². The monoisotopic (exact) mass is 288 g/mol. The van der Waals surface area contributed by atoms with Gasteiger partial charge in [-0.2, -0.15) is 0 Å². The highest BCUT2D eigenvalue weighted by Crippen LogP contribution is 2.44. The van der Waals surface area contributed by atoms with Crippen molar-refractivity contribution >= 4 is 17.5 Å². The molecule has 1 aliphatic carbocycles. The third kappa shape index (κ3) is 2.95. The summed E-state index contributed by atoms with van der Waals surface area (Å²) in [5.74, 6) is 3.43. The van der Waals surface area contributed by atoms with Gasteiger partial charge in [-0.25, -0.2) is 0 Å². The van der Waals surface area contributed by atoms with Crippen LogP contribution in [0.1, 0.15) is 56.9 Å². The van der Waals surface area contributed by atoms with Crippen molar-refractivity contribution in [2.24, 2.45) is 11.8 Å². The van der Waals surface area contributed by atoms with Gasteiger partial charge in [-0.05, 0) is 42.7 Å². The van der Waals surface area contributed by atoms with E-state index in [-0.39, 0.29) is 0 Å². The van der Waals surface area contributed by atoms with Gasteiger partial charge in [0.2, 0.25) is 0 Å². The van der Waals surface area contributed by atoms with E-state index in [1.165, 1.54) is 29.1 Å². The minimum absolute atomic E-state index is 0.331. The summed E-state index contributed by atoms with van der Waals surface area (Å²) in [5.41, 5.74) is 1.49. The maximum absolute atomic E-state index is 12.2. The highest BCUT2D eigenvalue weighted by atomic mass is 32.2. The first kappa shape index (κ1) is 14.2. The third-order valence-electron chi connectivity index (χ3n) is 4.94. The van der Waals surface area contributed by atoms with Gasteiger partial charge in [-0.3, -0.25) is 4.79 Å². The molecule has 1 heterocycles. The van der Waals surface area contributed by atoms with E-state index < -0.39 is 0 Å². The zero-order chi connectivity index (χ0) is 13.9. The van der Waals surface area contributed by atoms with Gasteiger partial charge >= 0.3 is 0 Å². The van der Waals surface area contributed by atoms with Crippen molar-refractivity contribution in [1.29, 1.82) is 0 Å². The van der Waals surface area contributed by atoms with Crippen LogP contribution in [0.3, 0.4) is 0 Å². The smallest absolute Gasteiger partial charge is 0.136 e. The Balaban J connectivity index is 1.66. The molecule has 20 heavy (non-hydrogen) atoms. The summed E-state index contributed by atoms with van der Waals surface area (Å²) in [7, 11) is 0. The topological polar surface area (TPSA) is 17.1 Å². The summed E-state index contributed by atoms with van der Waals surface area (Å²) in [6.45, 7) is 2.26. The van der Waals surface area contributed by atoms with E-state index in [0.717, 1.165) is 31.6 Å². The van der Waals surface area contributed by atoms with Crippen molar-refractivity contribution < 1.29 is 4.79 Å². The number of hydrogen-bond acceptors (Lipinski definition) is 2. The fraction of sp³-hybridized carbons (Fsp3) is 0.611. The Bertz CT molecular complexity index is 482. The van der Waals surface area contributed by atoms with Gasteiger partial charge in [0.1, 0.15) is 5.78 Å². The van der Waals surface area contributed by atoms with E-state index in [2.05, 4.69) is 31.2 Å². The van der Waals surface area contributed by atoms with Crippen LogP contribution in [0.25, 0.3) is 0 Å².